The van der Waals surface area contributed by atoms with Gasteiger partial charge < -0.3 is 10.1 Å². The largest absolute Gasteiger partial charge is 0.448 e. The fourth-order valence-electron chi connectivity index (χ4n) is 2.50. The van der Waals surface area contributed by atoms with Crippen LogP contribution in [0.4, 0.5) is 5.69 Å². The number of nitriles is 1. The van der Waals surface area contributed by atoms with E-state index in [9.17, 15) is 9.59 Å². The molecule has 1 heterocycles. The zero-order valence-electron chi connectivity index (χ0n) is 15.2. The SMILES string of the molecule is CCCc1sc(C(=O)O[C@@H](C)C(=O)Nc2ccccc2C#N)cc1CC. The summed E-state index contributed by atoms with van der Waals surface area (Å²) in [5.74, 6) is -0.967. The normalized spacial score (nSPS) is 11.5. The minimum atomic E-state index is -0.962. The Morgan fingerprint density at radius 2 is 2.04 bits per heavy atom. The molecular weight excluding hydrogens is 348 g/mol. The minimum absolute atomic E-state index is 0.356. The Morgan fingerprint density at radius 3 is 2.69 bits per heavy atom. The van der Waals surface area contributed by atoms with Gasteiger partial charge in [0.15, 0.2) is 6.10 Å². The topological polar surface area (TPSA) is 79.2 Å². The van der Waals surface area contributed by atoms with Gasteiger partial charge in [0.2, 0.25) is 0 Å². The fourth-order valence-corrected chi connectivity index (χ4v) is 3.74. The third-order valence-corrected chi connectivity index (χ3v) is 5.13. The molecule has 0 fully saturated rings. The number of amides is 1. The number of hydrogen-bond acceptors (Lipinski definition) is 5. The van der Waals surface area contributed by atoms with Gasteiger partial charge in [-0.3, -0.25) is 4.79 Å². The van der Waals surface area contributed by atoms with E-state index in [1.807, 2.05) is 12.1 Å². The first kappa shape index (κ1) is 19.7. The van der Waals surface area contributed by atoms with Crippen molar-refractivity contribution in [1.29, 1.82) is 5.26 Å². The quantitative estimate of drug-likeness (QED) is 0.736. The molecule has 5 nitrogen and oxygen atoms in total. The maximum Gasteiger partial charge on any atom is 0.349 e. The molecule has 0 aliphatic rings. The Hall–Kier alpha value is -2.65. The van der Waals surface area contributed by atoms with Crippen molar-refractivity contribution in [3.8, 4) is 6.07 Å². The maximum absolute atomic E-state index is 12.4. The number of ether oxygens (including phenoxy) is 1. The van der Waals surface area contributed by atoms with Crippen molar-refractivity contribution < 1.29 is 14.3 Å². The van der Waals surface area contributed by atoms with Crippen molar-refractivity contribution in [3.63, 3.8) is 0 Å². The molecule has 0 unspecified atom stereocenters. The number of thiophene rings is 1. The lowest BCUT2D eigenvalue weighted by molar-refractivity contribution is -0.123. The molecule has 1 N–H and O–H groups in total. The summed E-state index contributed by atoms with van der Waals surface area (Å²) in [5, 5.41) is 11.7. The molecule has 1 aromatic heterocycles. The Bertz CT molecular complexity index is 836. The molecule has 0 radical (unpaired) electrons. The summed E-state index contributed by atoms with van der Waals surface area (Å²) < 4.78 is 5.31. The van der Waals surface area contributed by atoms with E-state index in [0.717, 1.165) is 24.8 Å². The van der Waals surface area contributed by atoms with Crippen molar-refractivity contribution in [2.24, 2.45) is 0 Å². The molecule has 2 rings (SSSR count). The second kappa shape index (κ2) is 9.16. The average molecular weight is 370 g/mol. The van der Waals surface area contributed by atoms with Gasteiger partial charge in [0.25, 0.3) is 5.91 Å². The van der Waals surface area contributed by atoms with Crippen LogP contribution in [-0.4, -0.2) is 18.0 Å². The highest BCUT2D eigenvalue weighted by molar-refractivity contribution is 7.14. The monoisotopic (exact) mass is 370 g/mol. The smallest absolute Gasteiger partial charge is 0.349 e. The van der Waals surface area contributed by atoms with E-state index in [1.165, 1.54) is 23.1 Å². The van der Waals surface area contributed by atoms with Gasteiger partial charge in [-0.2, -0.15) is 5.26 Å². The molecule has 0 aliphatic heterocycles. The fraction of sp³-hybridized carbons (Fsp3) is 0.350. The number of nitrogens with one attached hydrogen (secondary N) is 1. The van der Waals surface area contributed by atoms with Crippen LogP contribution in [-0.2, 0) is 22.4 Å². The summed E-state index contributed by atoms with van der Waals surface area (Å²) in [6.45, 7) is 5.67. The summed E-state index contributed by atoms with van der Waals surface area (Å²) in [6, 6.07) is 10.6. The van der Waals surface area contributed by atoms with Crippen LogP contribution in [0.3, 0.4) is 0 Å². The van der Waals surface area contributed by atoms with Gasteiger partial charge in [-0.25, -0.2) is 4.79 Å². The molecule has 0 bridgehead atoms. The third kappa shape index (κ3) is 4.70. The molecule has 26 heavy (non-hydrogen) atoms. The number of aryl methyl sites for hydroxylation is 2. The summed E-state index contributed by atoms with van der Waals surface area (Å²) >= 11 is 1.43. The molecule has 1 amide bonds. The van der Waals surface area contributed by atoms with Gasteiger partial charge in [0.05, 0.1) is 11.3 Å². The Morgan fingerprint density at radius 1 is 1.31 bits per heavy atom. The first-order valence-electron chi connectivity index (χ1n) is 8.62. The minimum Gasteiger partial charge on any atom is -0.448 e. The second-order valence-corrected chi connectivity index (χ2v) is 6.99. The zero-order chi connectivity index (χ0) is 19.1. The van der Waals surface area contributed by atoms with E-state index in [2.05, 4.69) is 19.2 Å². The number of esters is 1. The van der Waals surface area contributed by atoms with E-state index in [4.69, 9.17) is 10.00 Å². The third-order valence-electron chi connectivity index (χ3n) is 3.91. The lowest BCUT2D eigenvalue weighted by Crippen LogP contribution is -2.30. The molecule has 6 heteroatoms. The highest BCUT2D eigenvalue weighted by Gasteiger charge is 2.22. The van der Waals surface area contributed by atoms with Crippen LogP contribution >= 0.6 is 11.3 Å². The van der Waals surface area contributed by atoms with E-state index >= 15 is 0 Å². The van der Waals surface area contributed by atoms with Gasteiger partial charge in [-0.15, -0.1) is 11.3 Å². The average Bonchev–Trinajstić information content (AvgIpc) is 3.05. The molecule has 0 aliphatic carbocycles. The summed E-state index contributed by atoms with van der Waals surface area (Å²) in [6.07, 6.45) is 1.84. The van der Waals surface area contributed by atoms with Crippen molar-refractivity contribution in [1.82, 2.24) is 0 Å². The molecule has 2 aromatic rings. The zero-order valence-corrected chi connectivity index (χ0v) is 16.0. The maximum atomic E-state index is 12.4. The molecule has 0 saturated heterocycles. The number of anilines is 1. The van der Waals surface area contributed by atoms with Gasteiger partial charge >= 0.3 is 5.97 Å². The number of hydrogen-bond donors (Lipinski definition) is 1. The van der Waals surface area contributed by atoms with Crippen LogP contribution in [0, 0.1) is 11.3 Å². The first-order chi connectivity index (χ1) is 12.5. The van der Waals surface area contributed by atoms with Crippen molar-refractivity contribution >= 4 is 28.9 Å². The molecule has 0 saturated carbocycles. The molecule has 1 atom stereocenters. The number of carbonyl (C=O) groups is 2. The summed E-state index contributed by atoms with van der Waals surface area (Å²) in [4.78, 5) is 26.4. The van der Waals surface area contributed by atoms with E-state index in [1.54, 1.807) is 24.3 Å². The highest BCUT2D eigenvalue weighted by Crippen LogP contribution is 2.25. The number of nitrogens with zero attached hydrogens (tertiary/aromatic N) is 1. The predicted octanol–water partition coefficient (Wildman–Crippen LogP) is 4.32. The van der Waals surface area contributed by atoms with Gasteiger partial charge in [0, 0.05) is 4.88 Å². The van der Waals surface area contributed by atoms with Crippen molar-refractivity contribution in [3.05, 3.63) is 51.2 Å². The van der Waals surface area contributed by atoms with Crippen LogP contribution in [0.5, 0.6) is 0 Å². The summed E-state index contributed by atoms with van der Waals surface area (Å²) in [5.41, 5.74) is 1.91. The number of rotatable bonds is 7. The predicted molar refractivity (Wildman–Crippen MR) is 102 cm³/mol. The van der Waals surface area contributed by atoms with Crippen LogP contribution in [0.25, 0.3) is 0 Å². The lowest BCUT2D eigenvalue weighted by atomic mass is 10.1. The molecular formula is C20H22N2O3S. The van der Waals surface area contributed by atoms with Crippen molar-refractivity contribution in [2.75, 3.05) is 5.32 Å². The second-order valence-electron chi connectivity index (χ2n) is 5.86. The lowest BCUT2D eigenvalue weighted by Gasteiger charge is -2.13. The Balaban J connectivity index is 2.04. The highest BCUT2D eigenvalue weighted by atomic mass is 32.1. The van der Waals surface area contributed by atoms with Crippen LogP contribution in [0.1, 0.15) is 52.9 Å². The van der Waals surface area contributed by atoms with Crippen LogP contribution < -0.4 is 5.32 Å². The Kier molecular flexibility index (Phi) is 6.93. The van der Waals surface area contributed by atoms with Gasteiger partial charge in [-0.1, -0.05) is 32.4 Å². The number of carbonyl (C=O) groups excluding carboxylic acids is 2. The first-order valence-corrected chi connectivity index (χ1v) is 9.44. The van der Waals surface area contributed by atoms with E-state index < -0.39 is 18.0 Å². The standard InChI is InChI=1S/C20H22N2O3S/c1-4-8-17-14(5-2)11-18(26-17)20(24)25-13(3)19(23)22-16-10-7-6-9-15(16)12-21/h6-7,9-11,13H,4-5,8H2,1-3H3,(H,22,23)/t13-/m0/s1. The van der Waals surface area contributed by atoms with Crippen LogP contribution in [0.15, 0.2) is 30.3 Å². The molecule has 1 aromatic carbocycles. The summed E-state index contributed by atoms with van der Waals surface area (Å²) in [7, 11) is 0. The van der Waals surface area contributed by atoms with Gasteiger partial charge in [0.1, 0.15) is 10.9 Å². The van der Waals surface area contributed by atoms with E-state index in [-0.39, 0.29) is 0 Å². The van der Waals surface area contributed by atoms with E-state index in [0.29, 0.717) is 16.1 Å². The number of para-hydroxylation sites is 1. The molecule has 136 valence electrons. The van der Waals surface area contributed by atoms with Crippen LogP contribution in [0.2, 0.25) is 0 Å². The number of benzene rings is 1. The van der Waals surface area contributed by atoms with Gasteiger partial charge in [-0.05, 0) is 43.5 Å². The molecule has 0 spiro atoms. The Labute approximate surface area is 157 Å². The van der Waals surface area contributed by atoms with Crippen molar-refractivity contribution in [2.45, 2.75) is 46.1 Å².